The molecule has 4 aromatic carbocycles. The highest BCUT2D eigenvalue weighted by atomic mass is 79.9. The molecule has 9 heteroatoms. The number of amides is 2. The van der Waals surface area contributed by atoms with Gasteiger partial charge in [-0.1, -0.05) is 95.7 Å². The van der Waals surface area contributed by atoms with E-state index in [1.807, 2.05) is 74.5 Å². The molecule has 1 N–H and O–H groups in total. The Kier molecular flexibility index (Phi) is 11.1. The number of nitrogens with zero attached hydrogens (tertiary/aromatic N) is 2. The fraction of sp³-hybridized carbons (Fsp3) is 0.235. The predicted octanol–water partition coefficient (Wildman–Crippen LogP) is 6.12. The first-order valence-electron chi connectivity index (χ1n) is 14.2. The number of sulfonamides is 1. The molecule has 0 aromatic heterocycles. The van der Waals surface area contributed by atoms with Gasteiger partial charge in [-0.25, -0.2) is 8.42 Å². The first-order valence-corrected chi connectivity index (χ1v) is 16.4. The number of nitrogens with one attached hydrogen (secondary N) is 1. The topological polar surface area (TPSA) is 86.8 Å². The highest BCUT2D eigenvalue weighted by molar-refractivity contribution is 9.10. The van der Waals surface area contributed by atoms with E-state index >= 15 is 0 Å². The highest BCUT2D eigenvalue weighted by Gasteiger charge is 2.34. The number of hydrogen-bond acceptors (Lipinski definition) is 4. The number of aryl methyl sites for hydroxylation is 1. The van der Waals surface area contributed by atoms with Gasteiger partial charge in [0.05, 0.1) is 10.6 Å². The molecule has 4 aromatic rings. The summed E-state index contributed by atoms with van der Waals surface area (Å²) in [6.45, 7) is 3.92. The minimum Gasteiger partial charge on any atom is -0.354 e. The molecular formula is C34H36BrN3O4S. The molecule has 0 fully saturated rings. The van der Waals surface area contributed by atoms with Crippen molar-refractivity contribution in [1.82, 2.24) is 10.2 Å². The molecule has 43 heavy (non-hydrogen) atoms. The van der Waals surface area contributed by atoms with Crippen molar-refractivity contribution in [3.63, 3.8) is 0 Å². The van der Waals surface area contributed by atoms with Crippen LogP contribution in [0.3, 0.4) is 0 Å². The lowest BCUT2D eigenvalue weighted by Crippen LogP contribution is -2.53. The van der Waals surface area contributed by atoms with Crippen LogP contribution in [0.1, 0.15) is 30.0 Å². The zero-order chi connectivity index (χ0) is 30.8. The minimum absolute atomic E-state index is 0.0735. The van der Waals surface area contributed by atoms with Gasteiger partial charge < -0.3 is 10.2 Å². The van der Waals surface area contributed by atoms with Crippen molar-refractivity contribution in [2.45, 2.75) is 44.2 Å². The maximum atomic E-state index is 14.4. The lowest BCUT2D eigenvalue weighted by molar-refractivity contribution is -0.140. The molecule has 0 saturated carbocycles. The van der Waals surface area contributed by atoms with E-state index in [9.17, 15) is 18.0 Å². The van der Waals surface area contributed by atoms with Gasteiger partial charge in [0.15, 0.2) is 0 Å². The number of rotatable bonds is 13. The van der Waals surface area contributed by atoms with Crippen molar-refractivity contribution in [1.29, 1.82) is 0 Å². The molecule has 0 bridgehead atoms. The van der Waals surface area contributed by atoms with Crippen molar-refractivity contribution in [2.75, 3.05) is 17.4 Å². The highest BCUT2D eigenvalue weighted by Crippen LogP contribution is 2.26. The van der Waals surface area contributed by atoms with E-state index in [4.69, 9.17) is 0 Å². The summed E-state index contributed by atoms with van der Waals surface area (Å²) >= 11 is 3.50. The number of hydrogen-bond donors (Lipinski definition) is 1. The first-order chi connectivity index (χ1) is 20.7. The second-order valence-electron chi connectivity index (χ2n) is 10.3. The second-order valence-corrected chi connectivity index (χ2v) is 13.1. The number of anilines is 1. The summed E-state index contributed by atoms with van der Waals surface area (Å²) in [5.74, 6) is -0.782. The molecule has 224 valence electrons. The van der Waals surface area contributed by atoms with E-state index in [1.165, 1.54) is 17.0 Å². The average molecular weight is 663 g/mol. The second kappa shape index (κ2) is 15.0. The largest absolute Gasteiger partial charge is 0.354 e. The van der Waals surface area contributed by atoms with Crippen molar-refractivity contribution in [2.24, 2.45) is 0 Å². The Hall–Kier alpha value is -3.95. The summed E-state index contributed by atoms with van der Waals surface area (Å²) in [6.07, 6.45) is 1.01. The van der Waals surface area contributed by atoms with Gasteiger partial charge in [0, 0.05) is 24.0 Å². The quantitative estimate of drug-likeness (QED) is 0.187. The Labute approximate surface area is 262 Å². The molecule has 0 radical (unpaired) electrons. The minimum atomic E-state index is -4.12. The SMILES string of the molecule is CCCNC(=O)C(Cc1ccccc1)N(Cc1cccc(Br)c1)C(=O)CN(c1cccc(C)c1)S(=O)(=O)c1ccccc1. The molecule has 0 saturated heterocycles. The van der Waals surface area contributed by atoms with E-state index in [1.54, 1.807) is 36.4 Å². The van der Waals surface area contributed by atoms with Crippen molar-refractivity contribution >= 4 is 43.5 Å². The van der Waals surface area contributed by atoms with Gasteiger partial charge in [0.25, 0.3) is 10.0 Å². The van der Waals surface area contributed by atoms with E-state index in [-0.39, 0.29) is 23.8 Å². The molecule has 4 rings (SSSR count). The zero-order valence-corrected chi connectivity index (χ0v) is 26.7. The van der Waals surface area contributed by atoms with Crippen LogP contribution in [0.5, 0.6) is 0 Å². The summed E-state index contributed by atoms with van der Waals surface area (Å²) in [6, 6.07) is 31.3. The molecule has 0 heterocycles. The lowest BCUT2D eigenvalue weighted by atomic mass is 10.0. The third-order valence-electron chi connectivity index (χ3n) is 6.96. The summed E-state index contributed by atoms with van der Waals surface area (Å²) in [5.41, 5.74) is 2.91. The normalized spacial score (nSPS) is 11.9. The van der Waals surface area contributed by atoms with Crippen LogP contribution in [0.15, 0.2) is 119 Å². The van der Waals surface area contributed by atoms with E-state index in [0.717, 1.165) is 31.9 Å². The third-order valence-corrected chi connectivity index (χ3v) is 9.24. The Morgan fingerprint density at radius 3 is 2.14 bits per heavy atom. The fourth-order valence-corrected chi connectivity index (χ4v) is 6.66. The smallest absolute Gasteiger partial charge is 0.264 e. The molecule has 0 aliphatic rings. The number of halogens is 1. The fourth-order valence-electron chi connectivity index (χ4n) is 4.78. The number of benzene rings is 4. The molecule has 7 nitrogen and oxygen atoms in total. The van der Waals surface area contributed by atoms with Crippen LogP contribution in [-0.4, -0.2) is 44.3 Å². The molecule has 1 atom stereocenters. The summed E-state index contributed by atoms with van der Waals surface area (Å²) in [4.78, 5) is 29.7. The Bertz CT molecular complexity index is 1630. The summed E-state index contributed by atoms with van der Waals surface area (Å²) in [7, 11) is -4.12. The zero-order valence-electron chi connectivity index (χ0n) is 24.3. The van der Waals surface area contributed by atoms with E-state index in [0.29, 0.717) is 12.2 Å². The third kappa shape index (κ3) is 8.55. The molecule has 0 aliphatic carbocycles. The van der Waals surface area contributed by atoms with Crippen LogP contribution in [0.4, 0.5) is 5.69 Å². The van der Waals surface area contributed by atoms with Crippen LogP contribution >= 0.6 is 15.9 Å². The molecule has 1 unspecified atom stereocenters. The first kappa shape index (κ1) is 32.0. The van der Waals surface area contributed by atoms with E-state index in [2.05, 4.69) is 21.2 Å². The molecule has 0 aliphatic heterocycles. The van der Waals surface area contributed by atoms with Gasteiger partial charge in [-0.15, -0.1) is 0 Å². The van der Waals surface area contributed by atoms with Crippen LogP contribution < -0.4 is 9.62 Å². The maximum absolute atomic E-state index is 14.4. The van der Waals surface area contributed by atoms with Crippen molar-refractivity contribution in [3.05, 3.63) is 130 Å². The van der Waals surface area contributed by atoms with Crippen LogP contribution in [-0.2, 0) is 32.6 Å². The van der Waals surface area contributed by atoms with Gasteiger partial charge in [-0.2, -0.15) is 0 Å². The van der Waals surface area contributed by atoms with Gasteiger partial charge >= 0.3 is 0 Å². The summed E-state index contributed by atoms with van der Waals surface area (Å²) < 4.78 is 30.0. The number of carbonyl (C=O) groups excluding carboxylic acids is 2. The lowest BCUT2D eigenvalue weighted by Gasteiger charge is -2.34. The van der Waals surface area contributed by atoms with Crippen LogP contribution in [0, 0.1) is 6.92 Å². The van der Waals surface area contributed by atoms with Crippen LogP contribution in [0.2, 0.25) is 0 Å². The number of carbonyl (C=O) groups is 2. The maximum Gasteiger partial charge on any atom is 0.264 e. The monoisotopic (exact) mass is 661 g/mol. The molecular weight excluding hydrogens is 626 g/mol. The van der Waals surface area contributed by atoms with Crippen molar-refractivity contribution < 1.29 is 18.0 Å². The Morgan fingerprint density at radius 2 is 1.49 bits per heavy atom. The average Bonchev–Trinajstić information content (AvgIpc) is 3.01. The van der Waals surface area contributed by atoms with E-state index < -0.39 is 28.5 Å². The standard InChI is InChI=1S/C34H36BrN3O4S/c1-3-20-36-34(40)32(23-27-13-6-4-7-14-27)37(24-28-15-11-16-29(35)22-28)33(39)25-38(30-17-10-12-26(2)21-30)43(41,42)31-18-8-5-9-19-31/h4-19,21-22,32H,3,20,23-25H2,1-2H3,(H,36,40). The Morgan fingerprint density at radius 1 is 0.837 bits per heavy atom. The van der Waals surface area contributed by atoms with Gasteiger partial charge in [-0.3, -0.25) is 13.9 Å². The Balaban J connectivity index is 1.79. The van der Waals surface area contributed by atoms with Gasteiger partial charge in [0.1, 0.15) is 12.6 Å². The summed E-state index contributed by atoms with van der Waals surface area (Å²) in [5, 5.41) is 2.96. The van der Waals surface area contributed by atoms with Gasteiger partial charge in [0.2, 0.25) is 11.8 Å². The van der Waals surface area contributed by atoms with Gasteiger partial charge in [-0.05, 0) is 66.4 Å². The predicted molar refractivity (Wildman–Crippen MR) is 174 cm³/mol. The van der Waals surface area contributed by atoms with Crippen molar-refractivity contribution in [3.8, 4) is 0 Å². The van der Waals surface area contributed by atoms with Crippen LogP contribution in [0.25, 0.3) is 0 Å². The molecule has 2 amide bonds. The molecule has 0 spiro atoms.